The first kappa shape index (κ1) is 22.5. The molecule has 1 aliphatic rings. The standard InChI is InChI=1S/C26H22N4O4S/c1-33-23-15-18(30(31)32)10-11-19(23)21-12-13-22(34-21)25-24(20-9-5-6-14-27-20)28-26(35)29(25)16-17-7-3-2-4-8-17/h2-15,24-25H,16H2,1H3,(H,28,35)/t24-,25+/m1/s1. The second-order valence-electron chi connectivity index (χ2n) is 8.08. The molecule has 0 amide bonds. The average molecular weight is 487 g/mol. The van der Waals surface area contributed by atoms with Gasteiger partial charge in [-0.3, -0.25) is 15.1 Å². The van der Waals surface area contributed by atoms with Gasteiger partial charge in [0, 0.05) is 18.8 Å². The summed E-state index contributed by atoms with van der Waals surface area (Å²) in [4.78, 5) is 17.4. The van der Waals surface area contributed by atoms with Crippen LogP contribution < -0.4 is 10.1 Å². The van der Waals surface area contributed by atoms with Crippen LogP contribution in [0.25, 0.3) is 11.3 Å². The van der Waals surface area contributed by atoms with Crippen LogP contribution in [0.5, 0.6) is 5.75 Å². The summed E-state index contributed by atoms with van der Waals surface area (Å²) in [5, 5.41) is 15.2. The van der Waals surface area contributed by atoms with E-state index >= 15 is 0 Å². The first-order chi connectivity index (χ1) is 17.0. The molecule has 2 aromatic carbocycles. The van der Waals surface area contributed by atoms with Gasteiger partial charge in [-0.15, -0.1) is 0 Å². The highest BCUT2D eigenvalue weighted by molar-refractivity contribution is 7.80. The molecule has 9 heteroatoms. The molecule has 5 rings (SSSR count). The molecule has 0 aliphatic carbocycles. The minimum atomic E-state index is -0.454. The zero-order chi connectivity index (χ0) is 24.4. The minimum absolute atomic E-state index is 0.0491. The maximum absolute atomic E-state index is 11.2. The van der Waals surface area contributed by atoms with Gasteiger partial charge in [-0.1, -0.05) is 36.4 Å². The Labute approximate surface area is 207 Å². The normalized spacial score (nSPS) is 17.3. The van der Waals surface area contributed by atoms with Crippen LogP contribution in [0.4, 0.5) is 5.69 Å². The molecule has 1 fully saturated rings. The number of methoxy groups -OCH3 is 1. The molecule has 0 spiro atoms. The number of furan rings is 1. The summed E-state index contributed by atoms with van der Waals surface area (Å²) >= 11 is 5.73. The summed E-state index contributed by atoms with van der Waals surface area (Å²) in [6, 6.07) is 23.6. The van der Waals surface area contributed by atoms with E-state index < -0.39 is 4.92 Å². The Hall–Kier alpha value is -4.24. The number of nitro groups is 1. The predicted octanol–water partition coefficient (Wildman–Crippen LogP) is 5.43. The van der Waals surface area contributed by atoms with Gasteiger partial charge in [-0.2, -0.15) is 0 Å². The fraction of sp³-hybridized carbons (Fsp3) is 0.154. The van der Waals surface area contributed by atoms with Gasteiger partial charge in [-0.25, -0.2) is 0 Å². The van der Waals surface area contributed by atoms with Crippen LogP contribution in [0, 0.1) is 10.1 Å². The summed E-state index contributed by atoms with van der Waals surface area (Å²) in [5.41, 5.74) is 2.54. The monoisotopic (exact) mass is 486 g/mol. The average Bonchev–Trinajstić information content (AvgIpc) is 3.49. The van der Waals surface area contributed by atoms with Gasteiger partial charge in [-0.05, 0) is 48.1 Å². The highest BCUT2D eigenvalue weighted by Crippen LogP contribution is 2.42. The number of nitro benzene ring substituents is 1. The minimum Gasteiger partial charge on any atom is -0.496 e. The Morgan fingerprint density at radius 3 is 2.63 bits per heavy atom. The molecule has 0 unspecified atom stereocenters. The zero-order valence-electron chi connectivity index (χ0n) is 18.8. The van der Waals surface area contributed by atoms with E-state index in [4.69, 9.17) is 21.4 Å². The molecule has 1 saturated heterocycles. The number of non-ortho nitro benzene ring substituents is 1. The van der Waals surface area contributed by atoms with Crippen LogP contribution in [0.15, 0.2) is 89.5 Å². The van der Waals surface area contributed by atoms with Crippen molar-refractivity contribution in [3.63, 3.8) is 0 Å². The Balaban J connectivity index is 1.54. The number of hydrogen-bond acceptors (Lipinski definition) is 6. The van der Waals surface area contributed by atoms with Gasteiger partial charge in [0.25, 0.3) is 5.69 Å². The Bertz CT molecular complexity index is 1360. The molecule has 0 radical (unpaired) electrons. The zero-order valence-corrected chi connectivity index (χ0v) is 19.6. The van der Waals surface area contributed by atoms with Crippen molar-refractivity contribution in [3.05, 3.63) is 112 Å². The lowest BCUT2D eigenvalue weighted by Crippen LogP contribution is -2.29. The van der Waals surface area contributed by atoms with Crippen molar-refractivity contribution >= 4 is 23.0 Å². The molecule has 4 aromatic rings. The predicted molar refractivity (Wildman–Crippen MR) is 135 cm³/mol. The van der Waals surface area contributed by atoms with Gasteiger partial charge in [0.05, 0.1) is 35.4 Å². The van der Waals surface area contributed by atoms with Gasteiger partial charge in [0.15, 0.2) is 5.11 Å². The summed E-state index contributed by atoms with van der Waals surface area (Å²) in [5.74, 6) is 1.60. The molecular weight excluding hydrogens is 464 g/mol. The smallest absolute Gasteiger partial charge is 0.273 e. The van der Waals surface area contributed by atoms with Crippen LogP contribution >= 0.6 is 12.2 Å². The number of pyridine rings is 1. The van der Waals surface area contributed by atoms with Gasteiger partial charge < -0.3 is 19.4 Å². The van der Waals surface area contributed by atoms with Crippen molar-refractivity contribution in [2.75, 3.05) is 7.11 Å². The fourth-order valence-electron chi connectivity index (χ4n) is 4.32. The maximum atomic E-state index is 11.2. The van der Waals surface area contributed by atoms with E-state index in [1.165, 1.54) is 19.2 Å². The Morgan fingerprint density at radius 1 is 1.11 bits per heavy atom. The van der Waals surface area contributed by atoms with E-state index in [0.717, 1.165) is 11.3 Å². The van der Waals surface area contributed by atoms with Crippen LogP contribution in [0.3, 0.4) is 0 Å². The Morgan fingerprint density at radius 2 is 1.91 bits per heavy atom. The van der Waals surface area contributed by atoms with E-state index in [0.29, 0.717) is 34.5 Å². The number of rotatable bonds is 7. The molecule has 0 bridgehead atoms. The number of aromatic nitrogens is 1. The molecule has 2 aromatic heterocycles. The van der Waals surface area contributed by atoms with Gasteiger partial charge in [0.2, 0.25) is 0 Å². The summed E-state index contributed by atoms with van der Waals surface area (Å²) in [6.45, 7) is 0.595. The van der Waals surface area contributed by atoms with Crippen molar-refractivity contribution in [2.45, 2.75) is 18.6 Å². The molecule has 1 aliphatic heterocycles. The van der Waals surface area contributed by atoms with Crippen LogP contribution in [0.1, 0.15) is 29.1 Å². The third-order valence-electron chi connectivity index (χ3n) is 5.97. The summed E-state index contributed by atoms with van der Waals surface area (Å²) < 4.78 is 11.8. The molecule has 3 heterocycles. The Kier molecular flexibility index (Phi) is 6.15. The van der Waals surface area contributed by atoms with Gasteiger partial charge >= 0.3 is 0 Å². The molecule has 8 nitrogen and oxygen atoms in total. The largest absolute Gasteiger partial charge is 0.496 e. The molecule has 176 valence electrons. The van der Waals surface area contributed by atoms with E-state index in [1.54, 1.807) is 12.3 Å². The van der Waals surface area contributed by atoms with E-state index in [9.17, 15) is 10.1 Å². The fourth-order valence-corrected chi connectivity index (χ4v) is 4.62. The van der Waals surface area contributed by atoms with Crippen LogP contribution in [-0.2, 0) is 6.54 Å². The van der Waals surface area contributed by atoms with E-state index in [2.05, 4.69) is 27.3 Å². The number of nitrogens with zero attached hydrogens (tertiary/aromatic N) is 3. The first-order valence-corrected chi connectivity index (χ1v) is 11.4. The van der Waals surface area contributed by atoms with Crippen molar-refractivity contribution in [1.29, 1.82) is 0 Å². The third-order valence-corrected chi connectivity index (χ3v) is 6.33. The molecular formula is C26H22N4O4S. The van der Waals surface area contributed by atoms with E-state index in [1.807, 2.05) is 48.5 Å². The number of hydrogen-bond donors (Lipinski definition) is 1. The third kappa shape index (κ3) is 4.45. The van der Waals surface area contributed by atoms with Crippen LogP contribution in [-0.4, -0.2) is 27.0 Å². The van der Waals surface area contributed by atoms with E-state index in [-0.39, 0.29) is 17.8 Å². The van der Waals surface area contributed by atoms with Crippen molar-refractivity contribution in [3.8, 4) is 17.1 Å². The molecule has 2 atom stereocenters. The number of nitrogens with one attached hydrogen (secondary N) is 1. The second-order valence-corrected chi connectivity index (χ2v) is 8.47. The summed E-state index contributed by atoms with van der Waals surface area (Å²) in [7, 11) is 1.48. The number of benzene rings is 2. The molecule has 35 heavy (non-hydrogen) atoms. The topological polar surface area (TPSA) is 93.7 Å². The second kappa shape index (κ2) is 9.55. The maximum Gasteiger partial charge on any atom is 0.273 e. The lowest BCUT2D eigenvalue weighted by molar-refractivity contribution is -0.384. The van der Waals surface area contributed by atoms with Crippen molar-refractivity contribution in [1.82, 2.24) is 15.2 Å². The summed E-state index contributed by atoms with van der Waals surface area (Å²) in [6.07, 6.45) is 1.76. The first-order valence-electron chi connectivity index (χ1n) is 11.0. The van der Waals surface area contributed by atoms with Crippen LogP contribution in [0.2, 0.25) is 0 Å². The van der Waals surface area contributed by atoms with Crippen molar-refractivity contribution < 1.29 is 14.1 Å². The number of ether oxygens (including phenoxy) is 1. The SMILES string of the molecule is COc1cc([N+](=O)[O-])ccc1-c1ccc([C@H]2[C@@H](c3ccccn3)NC(=S)N2Cc2ccccc2)o1. The quantitative estimate of drug-likeness (QED) is 0.210. The molecule has 0 saturated carbocycles. The highest BCUT2D eigenvalue weighted by atomic mass is 32.1. The van der Waals surface area contributed by atoms with Gasteiger partial charge in [0.1, 0.15) is 23.3 Å². The number of thiocarbonyl (C=S) groups is 1. The molecule has 1 N–H and O–H groups in total. The lowest BCUT2D eigenvalue weighted by Gasteiger charge is -2.26. The van der Waals surface area contributed by atoms with Crippen molar-refractivity contribution in [2.24, 2.45) is 0 Å². The lowest BCUT2D eigenvalue weighted by atomic mass is 10.0. The highest BCUT2D eigenvalue weighted by Gasteiger charge is 2.41.